The largest absolute Gasteiger partial charge is 0.497 e. The lowest BCUT2D eigenvalue weighted by molar-refractivity contribution is 0.0988. The molecule has 0 aliphatic heterocycles. The van der Waals surface area contributed by atoms with Crippen LogP contribution in [0.2, 0.25) is 0 Å². The van der Waals surface area contributed by atoms with Crippen LogP contribution in [-0.2, 0) is 0 Å². The summed E-state index contributed by atoms with van der Waals surface area (Å²) in [5.41, 5.74) is 2.91. The summed E-state index contributed by atoms with van der Waals surface area (Å²) in [5.74, 6) is 1.00. The van der Waals surface area contributed by atoms with E-state index in [4.69, 9.17) is 4.74 Å². The number of ketones is 1. The van der Waals surface area contributed by atoms with Crippen LogP contribution in [0.3, 0.4) is 0 Å². The molecule has 0 amide bonds. The van der Waals surface area contributed by atoms with Crippen LogP contribution in [-0.4, -0.2) is 12.9 Å². The van der Waals surface area contributed by atoms with Crippen LogP contribution in [0.4, 0.5) is 0 Å². The van der Waals surface area contributed by atoms with E-state index in [0.29, 0.717) is 6.42 Å². The fourth-order valence-corrected chi connectivity index (χ4v) is 1.86. The lowest BCUT2D eigenvalue weighted by atomic mass is 10.0. The maximum Gasteiger partial charge on any atom is 0.162 e. The van der Waals surface area contributed by atoms with Gasteiger partial charge in [-0.05, 0) is 29.3 Å². The first-order valence-electron chi connectivity index (χ1n) is 6.02. The van der Waals surface area contributed by atoms with Gasteiger partial charge in [-0.3, -0.25) is 4.79 Å². The highest BCUT2D eigenvalue weighted by molar-refractivity contribution is 5.97. The molecule has 92 valence electrons. The third-order valence-electron chi connectivity index (χ3n) is 2.93. The number of methoxy groups -OCH3 is 1. The highest BCUT2D eigenvalue weighted by atomic mass is 16.5. The van der Waals surface area contributed by atoms with E-state index in [1.165, 1.54) is 0 Å². The van der Waals surface area contributed by atoms with Gasteiger partial charge in [-0.1, -0.05) is 37.3 Å². The average molecular weight is 240 g/mol. The standard InChI is InChI=1S/C16H16O2/c1-3-16(17)14-6-4-5-13(11-14)12-7-9-15(18-2)10-8-12/h4-11H,3H2,1-2H3. The first-order valence-corrected chi connectivity index (χ1v) is 6.02. The summed E-state index contributed by atoms with van der Waals surface area (Å²) in [6.07, 6.45) is 0.534. The van der Waals surface area contributed by atoms with Crippen LogP contribution >= 0.6 is 0 Å². The average Bonchev–Trinajstić information content (AvgIpc) is 2.46. The molecule has 2 rings (SSSR count). The molecule has 0 aliphatic rings. The van der Waals surface area contributed by atoms with Gasteiger partial charge in [0, 0.05) is 12.0 Å². The first kappa shape index (κ1) is 12.4. The molecule has 0 bridgehead atoms. The van der Waals surface area contributed by atoms with E-state index in [1.807, 2.05) is 55.5 Å². The van der Waals surface area contributed by atoms with Gasteiger partial charge in [-0.15, -0.1) is 0 Å². The lowest BCUT2D eigenvalue weighted by Crippen LogP contribution is -1.96. The Kier molecular flexibility index (Phi) is 3.78. The number of rotatable bonds is 4. The van der Waals surface area contributed by atoms with Crippen molar-refractivity contribution in [3.05, 3.63) is 54.1 Å². The topological polar surface area (TPSA) is 26.3 Å². The van der Waals surface area contributed by atoms with E-state index in [1.54, 1.807) is 7.11 Å². The summed E-state index contributed by atoms with van der Waals surface area (Å²) < 4.78 is 5.13. The summed E-state index contributed by atoms with van der Waals surface area (Å²) in [4.78, 5) is 11.7. The van der Waals surface area contributed by atoms with Crippen molar-refractivity contribution in [2.45, 2.75) is 13.3 Å². The van der Waals surface area contributed by atoms with Gasteiger partial charge in [0.15, 0.2) is 5.78 Å². The summed E-state index contributed by atoms with van der Waals surface area (Å²) in [6.45, 7) is 1.88. The quantitative estimate of drug-likeness (QED) is 0.756. The maximum absolute atomic E-state index is 11.7. The Morgan fingerprint density at radius 1 is 1.06 bits per heavy atom. The molecule has 18 heavy (non-hydrogen) atoms. The predicted molar refractivity (Wildman–Crippen MR) is 73.1 cm³/mol. The SMILES string of the molecule is CCC(=O)c1cccc(-c2ccc(OC)cc2)c1. The van der Waals surface area contributed by atoms with Crippen molar-refractivity contribution in [3.63, 3.8) is 0 Å². The lowest BCUT2D eigenvalue weighted by Gasteiger charge is -2.05. The number of Topliss-reactive ketones (excluding diaryl/α,β-unsaturated/α-hetero) is 1. The Morgan fingerprint density at radius 3 is 2.39 bits per heavy atom. The Hall–Kier alpha value is -2.09. The molecule has 0 fully saturated rings. The molecule has 0 N–H and O–H groups in total. The van der Waals surface area contributed by atoms with Gasteiger partial charge in [0.25, 0.3) is 0 Å². The van der Waals surface area contributed by atoms with Crippen molar-refractivity contribution in [3.8, 4) is 16.9 Å². The van der Waals surface area contributed by atoms with Gasteiger partial charge in [0.2, 0.25) is 0 Å². The van der Waals surface area contributed by atoms with Crippen molar-refractivity contribution >= 4 is 5.78 Å². The Labute approximate surface area is 107 Å². The molecule has 0 unspecified atom stereocenters. The van der Waals surface area contributed by atoms with Crippen molar-refractivity contribution in [2.75, 3.05) is 7.11 Å². The zero-order valence-electron chi connectivity index (χ0n) is 10.6. The summed E-state index contributed by atoms with van der Waals surface area (Å²) >= 11 is 0. The van der Waals surface area contributed by atoms with Crippen LogP contribution in [0.15, 0.2) is 48.5 Å². The molecule has 2 aromatic carbocycles. The molecule has 2 aromatic rings. The van der Waals surface area contributed by atoms with Gasteiger partial charge >= 0.3 is 0 Å². The van der Waals surface area contributed by atoms with E-state index in [0.717, 1.165) is 22.4 Å². The summed E-state index contributed by atoms with van der Waals surface area (Å²) in [6, 6.07) is 15.6. The molecule has 0 atom stereocenters. The number of carbonyl (C=O) groups excluding carboxylic acids is 1. The second-order valence-corrected chi connectivity index (χ2v) is 4.09. The molecule has 0 aliphatic carbocycles. The molecular formula is C16H16O2. The zero-order chi connectivity index (χ0) is 13.0. The van der Waals surface area contributed by atoms with Gasteiger partial charge in [-0.2, -0.15) is 0 Å². The van der Waals surface area contributed by atoms with Crippen molar-refractivity contribution < 1.29 is 9.53 Å². The molecule has 0 radical (unpaired) electrons. The smallest absolute Gasteiger partial charge is 0.162 e. The van der Waals surface area contributed by atoms with E-state index in [9.17, 15) is 4.79 Å². The number of hydrogen-bond acceptors (Lipinski definition) is 2. The molecular weight excluding hydrogens is 224 g/mol. The zero-order valence-corrected chi connectivity index (χ0v) is 10.6. The van der Waals surface area contributed by atoms with Crippen molar-refractivity contribution in [1.29, 1.82) is 0 Å². The van der Waals surface area contributed by atoms with Gasteiger partial charge in [0.1, 0.15) is 5.75 Å². The van der Waals surface area contributed by atoms with Gasteiger partial charge < -0.3 is 4.74 Å². The normalized spacial score (nSPS) is 10.1. The maximum atomic E-state index is 11.7. The van der Waals surface area contributed by atoms with E-state index in [2.05, 4.69) is 0 Å². The first-order chi connectivity index (χ1) is 8.74. The van der Waals surface area contributed by atoms with Crippen LogP contribution < -0.4 is 4.74 Å². The van der Waals surface area contributed by atoms with E-state index < -0.39 is 0 Å². The third kappa shape index (κ3) is 2.59. The minimum absolute atomic E-state index is 0.172. The van der Waals surface area contributed by atoms with Crippen LogP contribution in [0, 0.1) is 0 Å². The highest BCUT2D eigenvalue weighted by Gasteiger charge is 2.05. The minimum Gasteiger partial charge on any atom is -0.497 e. The molecule has 0 saturated carbocycles. The molecule has 0 aromatic heterocycles. The fourth-order valence-electron chi connectivity index (χ4n) is 1.86. The van der Waals surface area contributed by atoms with Gasteiger partial charge in [0.05, 0.1) is 7.11 Å². The fraction of sp³-hybridized carbons (Fsp3) is 0.188. The number of hydrogen-bond donors (Lipinski definition) is 0. The predicted octanol–water partition coefficient (Wildman–Crippen LogP) is 3.95. The van der Waals surface area contributed by atoms with Crippen molar-refractivity contribution in [2.24, 2.45) is 0 Å². The second kappa shape index (κ2) is 5.50. The molecule has 0 spiro atoms. The van der Waals surface area contributed by atoms with E-state index in [-0.39, 0.29) is 5.78 Å². The van der Waals surface area contributed by atoms with Gasteiger partial charge in [-0.25, -0.2) is 0 Å². The minimum atomic E-state index is 0.172. The second-order valence-electron chi connectivity index (χ2n) is 4.09. The Morgan fingerprint density at radius 2 is 1.78 bits per heavy atom. The number of carbonyl (C=O) groups is 1. The monoisotopic (exact) mass is 240 g/mol. The van der Waals surface area contributed by atoms with E-state index >= 15 is 0 Å². The Balaban J connectivity index is 2.35. The van der Waals surface area contributed by atoms with Crippen molar-refractivity contribution in [1.82, 2.24) is 0 Å². The van der Waals surface area contributed by atoms with Crippen LogP contribution in [0.1, 0.15) is 23.7 Å². The number of ether oxygens (including phenoxy) is 1. The summed E-state index contributed by atoms with van der Waals surface area (Å²) in [5, 5.41) is 0. The van der Waals surface area contributed by atoms with Crippen LogP contribution in [0.5, 0.6) is 5.75 Å². The Bertz CT molecular complexity index is 541. The molecule has 2 heteroatoms. The molecule has 0 heterocycles. The molecule has 2 nitrogen and oxygen atoms in total. The summed E-state index contributed by atoms with van der Waals surface area (Å²) in [7, 11) is 1.65. The number of benzene rings is 2. The van der Waals surface area contributed by atoms with Crippen LogP contribution in [0.25, 0.3) is 11.1 Å². The third-order valence-corrected chi connectivity index (χ3v) is 2.93. The molecule has 0 saturated heterocycles. The highest BCUT2D eigenvalue weighted by Crippen LogP contribution is 2.23.